The first-order valence-electron chi connectivity index (χ1n) is 9.90. The standard InChI is InChI=1S/C22H25N5O2/c1-3-19-21(24(2)16-28)27-15-17(9-10-20(27)23-19)22(29)26-13-11-25(12-14-26)18-7-5-4-6-8-18/h4-10,15-16H,3,11-14H2,1-2H3. The molecule has 150 valence electrons. The number of benzene rings is 1. The fraction of sp³-hybridized carbons (Fsp3) is 0.318. The lowest BCUT2D eigenvalue weighted by atomic mass is 10.2. The van der Waals surface area contributed by atoms with Crippen molar-refractivity contribution in [1.29, 1.82) is 0 Å². The predicted molar refractivity (Wildman–Crippen MR) is 114 cm³/mol. The molecule has 0 atom stereocenters. The molecule has 0 aliphatic carbocycles. The number of carbonyl (C=O) groups excluding carboxylic acids is 2. The van der Waals surface area contributed by atoms with Crippen molar-refractivity contribution in [2.45, 2.75) is 13.3 Å². The van der Waals surface area contributed by atoms with Gasteiger partial charge >= 0.3 is 0 Å². The number of aromatic nitrogens is 2. The molecule has 1 saturated heterocycles. The van der Waals surface area contributed by atoms with Crippen LogP contribution in [-0.2, 0) is 11.2 Å². The average molecular weight is 391 g/mol. The van der Waals surface area contributed by atoms with Crippen LogP contribution in [0.3, 0.4) is 0 Å². The Hall–Kier alpha value is -3.35. The van der Waals surface area contributed by atoms with Gasteiger partial charge in [0.05, 0.1) is 11.3 Å². The molecule has 7 nitrogen and oxygen atoms in total. The number of fused-ring (bicyclic) bond motifs is 1. The van der Waals surface area contributed by atoms with Crippen LogP contribution in [-0.4, -0.2) is 59.8 Å². The van der Waals surface area contributed by atoms with E-state index in [9.17, 15) is 9.59 Å². The van der Waals surface area contributed by atoms with Gasteiger partial charge < -0.3 is 14.7 Å². The summed E-state index contributed by atoms with van der Waals surface area (Å²) < 4.78 is 1.83. The minimum atomic E-state index is 0.00562. The molecule has 0 N–H and O–H groups in total. The fourth-order valence-electron chi connectivity index (χ4n) is 3.86. The molecule has 4 rings (SSSR count). The predicted octanol–water partition coefficient (Wildman–Crippen LogP) is 2.45. The summed E-state index contributed by atoms with van der Waals surface area (Å²) in [6, 6.07) is 13.9. The maximum Gasteiger partial charge on any atom is 0.255 e. The van der Waals surface area contributed by atoms with E-state index in [1.165, 1.54) is 10.6 Å². The molecule has 1 aliphatic rings. The summed E-state index contributed by atoms with van der Waals surface area (Å²) in [5.74, 6) is 0.715. The summed E-state index contributed by atoms with van der Waals surface area (Å²) in [6.45, 7) is 4.97. The molecule has 1 aliphatic heterocycles. The van der Waals surface area contributed by atoms with Gasteiger partial charge in [-0.05, 0) is 30.7 Å². The molecule has 3 aromatic rings. The third-order valence-corrected chi connectivity index (χ3v) is 5.43. The Morgan fingerprint density at radius 2 is 1.83 bits per heavy atom. The van der Waals surface area contributed by atoms with E-state index < -0.39 is 0 Å². The van der Waals surface area contributed by atoms with Gasteiger partial charge in [0.2, 0.25) is 6.41 Å². The first-order valence-corrected chi connectivity index (χ1v) is 9.90. The van der Waals surface area contributed by atoms with E-state index >= 15 is 0 Å². The van der Waals surface area contributed by atoms with Gasteiger partial charge in [-0.15, -0.1) is 0 Å². The van der Waals surface area contributed by atoms with E-state index in [0.717, 1.165) is 30.8 Å². The minimum Gasteiger partial charge on any atom is -0.368 e. The van der Waals surface area contributed by atoms with Crippen LogP contribution < -0.4 is 9.80 Å². The average Bonchev–Trinajstić information content (AvgIpc) is 3.16. The summed E-state index contributed by atoms with van der Waals surface area (Å²) in [7, 11) is 1.70. The van der Waals surface area contributed by atoms with Crippen LogP contribution in [0.5, 0.6) is 0 Å². The Kier molecular flexibility index (Phi) is 5.20. The molecule has 0 bridgehead atoms. The molecule has 29 heavy (non-hydrogen) atoms. The van der Waals surface area contributed by atoms with Crippen molar-refractivity contribution in [2.75, 3.05) is 43.0 Å². The lowest BCUT2D eigenvalue weighted by Crippen LogP contribution is -2.48. The van der Waals surface area contributed by atoms with Crippen molar-refractivity contribution < 1.29 is 9.59 Å². The van der Waals surface area contributed by atoms with E-state index in [2.05, 4.69) is 22.0 Å². The van der Waals surface area contributed by atoms with Crippen LogP contribution in [0, 0.1) is 0 Å². The van der Waals surface area contributed by atoms with Crippen LogP contribution in [0.2, 0.25) is 0 Å². The Bertz CT molecular complexity index is 1020. The molecule has 2 aromatic heterocycles. The molecule has 2 amide bonds. The van der Waals surface area contributed by atoms with Crippen molar-refractivity contribution >= 4 is 29.5 Å². The number of amides is 2. The van der Waals surface area contributed by atoms with E-state index in [1.54, 1.807) is 13.2 Å². The number of anilines is 2. The van der Waals surface area contributed by atoms with Crippen molar-refractivity contribution in [3.05, 3.63) is 59.9 Å². The van der Waals surface area contributed by atoms with Gasteiger partial charge in [-0.25, -0.2) is 4.98 Å². The van der Waals surface area contributed by atoms with Gasteiger partial charge in [0.15, 0.2) is 0 Å². The maximum atomic E-state index is 13.1. The van der Waals surface area contributed by atoms with Crippen LogP contribution in [0.4, 0.5) is 11.5 Å². The number of nitrogens with zero attached hydrogens (tertiary/aromatic N) is 5. The monoisotopic (exact) mass is 391 g/mol. The third-order valence-electron chi connectivity index (χ3n) is 5.43. The van der Waals surface area contributed by atoms with Gasteiger partial charge in [0, 0.05) is 45.1 Å². The van der Waals surface area contributed by atoms with Crippen molar-refractivity contribution in [1.82, 2.24) is 14.3 Å². The van der Waals surface area contributed by atoms with Crippen LogP contribution in [0.25, 0.3) is 5.65 Å². The quantitative estimate of drug-likeness (QED) is 0.627. The molecule has 0 spiro atoms. The van der Waals surface area contributed by atoms with Gasteiger partial charge in [-0.3, -0.25) is 14.0 Å². The summed E-state index contributed by atoms with van der Waals surface area (Å²) in [5, 5.41) is 0. The Morgan fingerprint density at radius 1 is 1.10 bits per heavy atom. The van der Waals surface area contributed by atoms with Crippen molar-refractivity contribution in [3.8, 4) is 0 Å². The maximum absolute atomic E-state index is 13.1. The number of carbonyl (C=O) groups is 2. The molecule has 0 saturated carbocycles. The zero-order valence-corrected chi connectivity index (χ0v) is 16.8. The number of imidazole rings is 1. The molecule has 0 unspecified atom stereocenters. The summed E-state index contributed by atoms with van der Waals surface area (Å²) >= 11 is 0. The molecule has 1 fully saturated rings. The highest BCUT2D eigenvalue weighted by molar-refractivity contribution is 5.94. The van der Waals surface area contributed by atoms with E-state index in [-0.39, 0.29) is 5.91 Å². The molecule has 1 aromatic carbocycles. The topological polar surface area (TPSA) is 61.2 Å². The number of hydrogen-bond donors (Lipinski definition) is 0. The number of para-hydroxylation sites is 1. The van der Waals surface area contributed by atoms with Gasteiger partial charge in [0.25, 0.3) is 5.91 Å². The third kappa shape index (κ3) is 3.55. The number of aryl methyl sites for hydroxylation is 1. The second kappa shape index (κ2) is 7.95. The Labute approximate surface area is 170 Å². The zero-order chi connectivity index (χ0) is 20.4. The Morgan fingerprint density at radius 3 is 2.48 bits per heavy atom. The normalized spacial score (nSPS) is 14.3. The SMILES string of the molecule is CCc1nc2ccc(C(=O)N3CCN(c4ccccc4)CC3)cn2c1N(C)C=O. The molecular formula is C22H25N5O2. The fourth-order valence-corrected chi connectivity index (χ4v) is 3.86. The second-order valence-corrected chi connectivity index (χ2v) is 7.21. The van der Waals surface area contributed by atoms with E-state index in [0.29, 0.717) is 30.9 Å². The lowest BCUT2D eigenvalue weighted by Gasteiger charge is -2.36. The molecular weight excluding hydrogens is 366 g/mol. The first-order chi connectivity index (χ1) is 14.1. The largest absolute Gasteiger partial charge is 0.368 e. The smallest absolute Gasteiger partial charge is 0.255 e. The molecule has 3 heterocycles. The van der Waals surface area contributed by atoms with Crippen molar-refractivity contribution in [3.63, 3.8) is 0 Å². The first kappa shape index (κ1) is 19.0. The lowest BCUT2D eigenvalue weighted by molar-refractivity contribution is -0.107. The molecule has 7 heteroatoms. The van der Waals surface area contributed by atoms with Crippen molar-refractivity contribution in [2.24, 2.45) is 0 Å². The highest BCUT2D eigenvalue weighted by atomic mass is 16.2. The van der Waals surface area contributed by atoms with Crippen LogP contribution in [0.1, 0.15) is 23.0 Å². The number of rotatable bonds is 5. The van der Waals surface area contributed by atoms with Crippen LogP contribution >= 0.6 is 0 Å². The summed E-state index contributed by atoms with van der Waals surface area (Å²) in [6.07, 6.45) is 3.27. The van der Waals surface area contributed by atoms with E-state index in [1.807, 2.05) is 46.6 Å². The van der Waals surface area contributed by atoms with Crippen LogP contribution in [0.15, 0.2) is 48.7 Å². The zero-order valence-electron chi connectivity index (χ0n) is 16.8. The number of hydrogen-bond acceptors (Lipinski definition) is 4. The highest BCUT2D eigenvalue weighted by Gasteiger charge is 2.23. The summed E-state index contributed by atoms with van der Waals surface area (Å²) in [4.78, 5) is 34.7. The van der Waals surface area contributed by atoms with Gasteiger partial charge in [-0.2, -0.15) is 0 Å². The second-order valence-electron chi connectivity index (χ2n) is 7.21. The number of piperazine rings is 1. The number of pyridine rings is 1. The van der Waals surface area contributed by atoms with Gasteiger partial charge in [0.1, 0.15) is 11.5 Å². The summed E-state index contributed by atoms with van der Waals surface area (Å²) in [5.41, 5.74) is 3.36. The molecule has 0 radical (unpaired) electrons. The van der Waals surface area contributed by atoms with E-state index in [4.69, 9.17) is 0 Å². The Balaban J connectivity index is 1.55. The van der Waals surface area contributed by atoms with Gasteiger partial charge in [-0.1, -0.05) is 25.1 Å². The minimum absolute atomic E-state index is 0.00562. The highest BCUT2D eigenvalue weighted by Crippen LogP contribution is 2.23.